The first-order valence-electron chi connectivity index (χ1n) is 8.29. The fourth-order valence-corrected chi connectivity index (χ4v) is 3.00. The van der Waals surface area contributed by atoms with Gasteiger partial charge in [0.15, 0.2) is 5.96 Å². The van der Waals surface area contributed by atoms with Crippen LogP contribution < -0.4 is 10.6 Å². The Morgan fingerprint density at radius 2 is 2.00 bits per heavy atom. The summed E-state index contributed by atoms with van der Waals surface area (Å²) in [5, 5.41) is 6.77. The topological polar surface area (TPSA) is 54.2 Å². The summed E-state index contributed by atoms with van der Waals surface area (Å²) in [6.45, 7) is 2.95. The van der Waals surface area contributed by atoms with Crippen LogP contribution in [0.25, 0.3) is 0 Å². The molecular formula is C16H29N5. The van der Waals surface area contributed by atoms with Gasteiger partial charge in [0.1, 0.15) is 0 Å². The summed E-state index contributed by atoms with van der Waals surface area (Å²) in [7, 11) is 1.84. The normalized spacial score (nSPS) is 16.3. The van der Waals surface area contributed by atoms with Crippen LogP contribution in [0.4, 0.5) is 0 Å². The molecule has 5 nitrogen and oxygen atoms in total. The standard InChI is InChI=1S/C16H29N5/c1-17-16(19-9-4-8-15-6-2-3-7-15)20-10-5-12-21-13-11-18-14-21/h11,13-15H,2-10,12H2,1H3,(H2,17,19,20). The zero-order valence-electron chi connectivity index (χ0n) is 13.2. The van der Waals surface area contributed by atoms with Gasteiger partial charge in [-0.2, -0.15) is 0 Å². The summed E-state index contributed by atoms with van der Waals surface area (Å²) in [6.07, 6.45) is 15.1. The number of nitrogens with one attached hydrogen (secondary N) is 2. The molecule has 5 heteroatoms. The Bertz CT molecular complexity index is 393. The second-order valence-corrected chi connectivity index (χ2v) is 5.87. The number of nitrogens with zero attached hydrogens (tertiary/aromatic N) is 3. The van der Waals surface area contributed by atoms with Crippen molar-refractivity contribution in [1.29, 1.82) is 0 Å². The molecule has 118 valence electrons. The van der Waals surface area contributed by atoms with Gasteiger partial charge >= 0.3 is 0 Å². The molecule has 1 aromatic rings. The number of hydrogen-bond donors (Lipinski definition) is 2. The largest absolute Gasteiger partial charge is 0.356 e. The number of imidazole rings is 1. The molecule has 1 saturated carbocycles. The van der Waals surface area contributed by atoms with E-state index in [-0.39, 0.29) is 0 Å². The molecule has 1 aliphatic rings. The number of aromatic nitrogens is 2. The minimum absolute atomic E-state index is 0.923. The first kappa shape index (κ1) is 15.9. The molecule has 0 bridgehead atoms. The van der Waals surface area contributed by atoms with Crippen molar-refractivity contribution in [2.24, 2.45) is 10.9 Å². The van der Waals surface area contributed by atoms with E-state index in [0.717, 1.165) is 37.9 Å². The minimum atomic E-state index is 0.923. The van der Waals surface area contributed by atoms with Gasteiger partial charge in [0, 0.05) is 39.1 Å². The van der Waals surface area contributed by atoms with E-state index in [0.29, 0.717) is 0 Å². The maximum Gasteiger partial charge on any atom is 0.190 e. The molecule has 0 atom stereocenters. The molecule has 0 spiro atoms. The van der Waals surface area contributed by atoms with Crippen LogP contribution in [-0.4, -0.2) is 35.6 Å². The van der Waals surface area contributed by atoms with Crippen LogP contribution in [0.5, 0.6) is 0 Å². The molecule has 0 aromatic carbocycles. The summed E-state index contributed by atoms with van der Waals surface area (Å²) >= 11 is 0. The first-order chi connectivity index (χ1) is 10.4. The second-order valence-electron chi connectivity index (χ2n) is 5.87. The molecule has 0 unspecified atom stereocenters. The summed E-state index contributed by atoms with van der Waals surface area (Å²) in [5.41, 5.74) is 0. The fraction of sp³-hybridized carbons (Fsp3) is 0.750. The molecule has 0 aliphatic heterocycles. The summed E-state index contributed by atoms with van der Waals surface area (Å²) in [6, 6.07) is 0. The van der Waals surface area contributed by atoms with E-state index in [1.807, 2.05) is 25.8 Å². The van der Waals surface area contributed by atoms with E-state index in [2.05, 4.69) is 25.2 Å². The van der Waals surface area contributed by atoms with E-state index >= 15 is 0 Å². The fourth-order valence-electron chi connectivity index (χ4n) is 3.00. The Labute approximate surface area is 128 Å². The molecule has 1 aromatic heterocycles. The zero-order chi connectivity index (χ0) is 14.8. The van der Waals surface area contributed by atoms with Gasteiger partial charge in [0.25, 0.3) is 0 Å². The van der Waals surface area contributed by atoms with E-state index < -0.39 is 0 Å². The lowest BCUT2D eigenvalue weighted by molar-refractivity contribution is 0.481. The Morgan fingerprint density at radius 3 is 2.67 bits per heavy atom. The number of guanidine groups is 1. The monoisotopic (exact) mass is 291 g/mol. The molecule has 0 saturated heterocycles. The number of hydrogen-bond acceptors (Lipinski definition) is 2. The van der Waals surface area contributed by atoms with Gasteiger partial charge in [-0.15, -0.1) is 0 Å². The predicted octanol–water partition coefficient (Wildman–Crippen LogP) is 2.41. The Kier molecular flexibility index (Phi) is 7.12. The van der Waals surface area contributed by atoms with E-state index in [4.69, 9.17) is 0 Å². The van der Waals surface area contributed by atoms with Crippen molar-refractivity contribution in [2.45, 2.75) is 51.5 Å². The number of aliphatic imine (C=N–C) groups is 1. The van der Waals surface area contributed by atoms with Crippen LogP contribution in [0.3, 0.4) is 0 Å². The number of rotatable bonds is 8. The Hall–Kier alpha value is -1.52. The SMILES string of the molecule is CN=C(NCCCC1CCCC1)NCCCn1ccnc1. The molecule has 2 rings (SSSR count). The molecule has 21 heavy (non-hydrogen) atoms. The highest BCUT2D eigenvalue weighted by Gasteiger charge is 2.13. The highest BCUT2D eigenvalue weighted by atomic mass is 15.2. The molecule has 1 heterocycles. The average molecular weight is 291 g/mol. The van der Waals surface area contributed by atoms with Gasteiger partial charge in [-0.05, 0) is 25.2 Å². The Morgan fingerprint density at radius 1 is 1.24 bits per heavy atom. The van der Waals surface area contributed by atoms with Crippen LogP contribution in [-0.2, 0) is 6.54 Å². The lowest BCUT2D eigenvalue weighted by Crippen LogP contribution is -2.38. The maximum absolute atomic E-state index is 4.27. The molecular weight excluding hydrogens is 262 g/mol. The smallest absolute Gasteiger partial charge is 0.190 e. The first-order valence-corrected chi connectivity index (χ1v) is 8.29. The maximum atomic E-state index is 4.27. The van der Waals surface area contributed by atoms with Gasteiger partial charge < -0.3 is 15.2 Å². The van der Waals surface area contributed by atoms with Crippen molar-refractivity contribution in [3.8, 4) is 0 Å². The van der Waals surface area contributed by atoms with Gasteiger partial charge in [-0.25, -0.2) is 4.98 Å². The third kappa shape index (κ3) is 6.19. The van der Waals surface area contributed by atoms with Gasteiger partial charge in [-0.3, -0.25) is 4.99 Å². The van der Waals surface area contributed by atoms with Crippen LogP contribution in [0, 0.1) is 5.92 Å². The van der Waals surface area contributed by atoms with E-state index in [1.165, 1.54) is 38.5 Å². The minimum Gasteiger partial charge on any atom is -0.356 e. The van der Waals surface area contributed by atoms with Crippen LogP contribution in [0.1, 0.15) is 44.9 Å². The molecule has 0 radical (unpaired) electrons. The molecule has 2 N–H and O–H groups in total. The van der Waals surface area contributed by atoms with Crippen molar-refractivity contribution in [3.05, 3.63) is 18.7 Å². The van der Waals surface area contributed by atoms with E-state index in [9.17, 15) is 0 Å². The third-order valence-corrected chi connectivity index (χ3v) is 4.22. The van der Waals surface area contributed by atoms with Crippen molar-refractivity contribution in [2.75, 3.05) is 20.1 Å². The summed E-state index contributed by atoms with van der Waals surface area (Å²) in [4.78, 5) is 8.31. The van der Waals surface area contributed by atoms with Gasteiger partial charge in [0.05, 0.1) is 6.33 Å². The molecule has 0 amide bonds. The van der Waals surface area contributed by atoms with Crippen molar-refractivity contribution < 1.29 is 0 Å². The number of aryl methyl sites for hydroxylation is 1. The zero-order valence-corrected chi connectivity index (χ0v) is 13.2. The third-order valence-electron chi connectivity index (χ3n) is 4.22. The van der Waals surface area contributed by atoms with Crippen LogP contribution in [0.15, 0.2) is 23.7 Å². The lowest BCUT2D eigenvalue weighted by Gasteiger charge is -2.13. The van der Waals surface area contributed by atoms with Crippen molar-refractivity contribution in [1.82, 2.24) is 20.2 Å². The molecule has 1 fully saturated rings. The van der Waals surface area contributed by atoms with Gasteiger partial charge in [-0.1, -0.05) is 25.7 Å². The molecule has 1 aliphatic carbocycles. The lowest BCUT2D eigenvalue weighted by atomic mass is 10.0. The quantitative estimate of drug-likeness (QED) is 0.439. The Balaban J connectivity index is 1.49. The second kappa shape index (κ2) is 9.42. The van der Waals surface area contributed by atoms with Crippen LogP contribution in [0.2, 0.25) is 0 Å². The summed E-state index contributed by atoms with van der Waals surface area (Å²) < 4.78 is 2.10. The highest BCUT2D eigenvalue weighted by Crippen LogP contribution is 2.28. The highest BCUT2D eigenvalue weighted by molar-refractivity contribution is 5.79. The van der Waals surface area contributed by atoms with Crippen molar-refractivity contribution >= 4 is 5.96 Å². The predicted molar refractivity (Wildman–Crippen MR) is 87.4 cm³/mol. The van der Waals surface area contributed by atoms with E-state index in [1.54, 1.807) is 0 Å². The van der Waals surface area contributed by atoms with Gasteiger partial charge in [0.2, 0.25) is 0 Å². The van der Waals surface area contributed by atoms with Crippen LogP contribution >= 0.6 is 0 Å². The average Bonchev–Trinajstić information content (AvgIpc) is 3.19. The van der Waals surface area contributed by atoms with Crippen molar-refractivity contribution in [3.63, 3.8) is 0 Å². The summed E-state index contributed by atoms with van der Waals surface area (Å²) in [5.74, 6) is 1.91.